The summed E-state index contributed by atoms with van der Waals surface area (Å²) in [5.41, 5.74) is -0.0234. The smallest absolute Gasteiger partial charge is 0.337 e. The second kappa shape index (κ2) is 7.31. The number of carboxylic acids is 2. The SMILES string of the molecule is O=C(O)c1cc(NCCO)c(C(=O)O)cc1NCCO. The second-order valence-corrected chi connectivity index (χ2v) is 3.85. The molecule has 0 fully saturated rings. The third kappa shape index (κ3) is 3.84. The van der Waals surface area contributed by atoms with Gasteiger partial charge in [-0.2, -0.15) is 0 Å². The maximum atomic E-state index is 11.2. The average Bonchev–Trinajstić information content (AvgIpc) is 2.42. The number of anilines is 2. The van der Waals surface area contributed by atoms with Crippen molar-refractivity contribution in [2.75, 3.05) is 36.9 Å². The first-order chi connectivity index (χ1) is 9.51. The van der Waals surface area contributed by atoms with Crippen LogP contribution in [0.25, 0.3) is 0 Å². The number of rotatable bonds is 8. The summed E-state index contributed by atoms with van der Waals surface area (Å²) in [5, 5.41) is 41.0. The van der Waals surface area contributed by atoms with Crippen molar-refractivity contribution in [2.24, 2.45) is 0 Å². The molecule has 0 unspecified atom stereocenters. The molecule has 0 heterocycles. The van der Waals surface area contributed by atoms with Crippen LogP contribution < -0.4 is 10.6 Å². The number of benzene rings is 1. The Bertz CT molecular complexity index is 457. The molecular formula is C12H16N2O6. The van der Waals surface area contributed by atoms with E-state index in [2.05, 4.69) is 10.6 Å². The van der Waals surface area contributed by atoms with Crippen LogP contribution in [0.1, 0.15) is 20.7 Å². The van der Waals surface area contributed by atoms with Gasteiger partial charge in [0.1, 0.15) is 0 Å². The van der Waals surface area contributed by atoms with Crippen molar-refractivity contribution in [1.29, 1.82) is 0 Å². The fraction of sp³-hybridized carbons (Fsp3) is 0.333. The largest absolute Gasteiger partial charge is 0.478 e. The van der Waals surface area contributed by atoms with Crippen LogP contribution in [-0.4, -0.2) is 58.7 Å². The first kappa shape index (κ1) is 15.7. The third-order valence-corrected chi connectivity index (χ3v) is 2.47. The zero-order valence-corrected chi connectivity index (χ0v) is 10.6. The van der Waals surface area contributed by atoms with Crippen LogP contribution in [0.4, 0.5) is 11.4 Å². The molecule has 0 aliphatic rings. The fourth-order valence-electron chi connectivity index (χ4n) is 1.63. The van der Waals surface area contributed by atoms with Crippen LogP contribution in [0, 0.1) is 0 Å². The summed E-state index contributed by atoms with van der Waals surface area (Å²) in [4.78, 5) is 22.3. The molecule has 110 valence electrons. The summed E-state index contributed by atoms with van der Waals surface area (Å²) in [7, 11) is 0. The van der Waals surface area contributed by atoms with E-state index in [4.69, 9.17) is 20.4 Å². The summed E-state index contributed by atoms with van der Waals surface area (Å²) in [5.74, 6) is -2.45. The van der Waals surface area contributed by atoms with Crippen LogP contribution in [0.2, 0.25) is 0 Å². The Morgan fingerprint density at radius 2 is 1.20 bits per heavy atom. The van der Waals surface area contributed by atoms with Gasteiger partial charge in [-0.15, -0.1) is 0 Å². The van der Waals surface area contributed by atoms with Crippen LogP contribution in [-0.2, 0) is 0 Å². The predicted molar refractivity (Wildman–Crippen MR) is 71.5 cm³/mol. The second-order valence-electron chi connectivity index (χ2n) is 3.85. The van der Waals surface area contributed by atoms with Crippen molar-refractivity contribution in [1.82, 2.24) is 0 Å². The van der Waals surface area contributed by atoms with E-state index in [-0.39, 0.29) is 48.8 Å². The monoisotopic (exact) mass is 284 g/mol. The maximum absolute atomic E-state index is 11.2. The predicted octanol–water partition coefficient (Wildman–Crippen LogP) is -0.109. The highest BCUT2D eigenvalue weighted by molar-refractivity contribution is 6.02. The molecule has 6 N–H and O–H groups in total. The normalized spacial score (nSPS) is 10.1. The van der Waals surface area contributed by atoms with E-state index in [1.165, 1.54) is 12.1 Å². The Hall–Kier alpha value is -2.32. The topological polar surface area (TPSA) is 139 Å². The quantitative estimate of drug-likeness (QED) is 0.389. The molecule has 0 aliphatic heterocycles. The minimum Gasteiger partial charge on any atom is -0.478 e. The lowest BCUT2D eigenvalue weighted by molar-refractivity contribution is 0.0682. The standard InChI is InChI=1S/C12H16N2O6/c15-3-1-13-9-5-8(12(19)20)10(14-2-4-16)6-7(9)11(17)18/h5-6,13-16H,1-4H2,(H,17,18)(H,19,20). The van der Waals surface area contributed by atoms with Crippen molar-refractivity contribution in [3.05, 3.63) is 23.3 Å². The molecule has 0 bridgehead atoms. The molecule has 1 aromatic rings. The Morgan fingerprint density at radius 3 is 1.45 bits per heavy atom. The molecule has 0 saturated heterocycles. The van der Waals surface area contributed by atoms with Gasteiger partial charge < -0.3 is 31.1 Å². The third-order valence-electron chi connectivity index (χ3n) is 2.47. The molecule has 8 heteroatoms. The van der Waals surface area contributed by atoms with Crippen molar-refractivity contribution in [3.8, 4) is 0 Å². The van der Waals surface area contributed by atoms with Gasteiger partial charge in [-0.1, -0.05) is 0 Å². The molecule has 0 atom stereocenters. The highest BCUT2D eigenvalue weighted by Crippen LogP contribution is 2.26. The molecule has 0 spiro atoms. The van der Waals surface area contributed by atoms with E-state index in [9.17, 15) is 9.59 Å². The van der Waals surface area contributed by atoms with E-state index in [0.717, 1.165) is 0 Å². The molecular weight excluding hydrogens is 268 g/mol. The number of hydrogen-bond donors (Lipinski definition) is 6. The van der Waals surface area contributed by atoms with Crippen LogP contribution in [0.5, 0.6) is 0 Å². The molecule has 8 nitrogen and oxygen atoms in total. The molecule has 1 aromatic carbocycles. The van der Waals surface area contributed by atoms with Crippen molar-refractivity contribution in [2.45, 2.75) is 0 Å². The summed E-state index contributed by atoms with van der Waals surface area (Å²) >= 11 is 0. The van der Waals surface area contributed by atoms with Gasteiger partial charge in [-0.25, -0.2) is 9.59 Å². The van der Waals surface area contributed by atoms with Crippen LogP contribution >= 0.6 is 0 Å². The van der Waals surface area contributed by atoms with E-state index in [1.54, 1.807) is 0 Å². The van der Waals surface area contributed by atoms with Gasteiger partial charge >= 0.3 is 11.9 Å². The molecule has 0 saturated carbocycles. The van der Waals surface area contributed by atoms with Crippen LogP contribution in [0.15, 0.2) is 12.1 Å². The summed E-state index contributed by atoms with van der Waals surface area (Å²) in [6.45, 7) is -0.233. The number of aliphatic hydroxyl groups is 2. The number of nitrogens with one attached hydrogen (secondary N) is 2. The number of aromatic carboxylic acids is 2. The first-order valence-corrected chi connectivity index (χ1v) is 5.85. The van der Waals surface area contributed by atoms with E-state index in [0.29, 0.717) is 0 Å². The summed E-state index contributed by atoms with van der Waals surface area (Å²) < 4.78 is 0. The first-order valence-electron chi connectivity index (χ1n) is 5.85. The van der Waals surface area contributed by atoms with Gasteiger partial charge in [-0.05, 0) is 12.1 Å². The zero-order chi connectivity index (χ0) is 15.1. The van der Waals surface area contributed by atoms with Gasteiger partial charge in [0, 0.05) is 24.5 Å². The number of aliphatic hydroxyl groups excluding tert-OH is 2. The molecule has 1 rings (SSSR count). The van der Waals surface area contributed by atoms with Gasteiger partial charge in [-0.3, -0.25) is 0 Å². The fourth-order valence-corrected chi connectivity index (χ4v) is 1.63. The number of hydrogen-bond acceptors (Lipinski definition) is 6. The molecule has 0 aliphatic carbocycles. The Balaban J connectivity index is 3.27. The molecule has 0 aromatic heterocycles. The Kier molecular flexibility index (Phi) is 5.75. The van der Waals surface area contributed by atoms with Crippen molar-refractivity contribution in [3.63, 3.8) is 0 Å². The zero-order valence-electron chi connectivity index (χ0n) is 10.6. The summed E-state index contributed by atoms with van der Waals surface area (Å²) in [6, 6.07) is 2.36. The average molecular weight is 284 g/mol. The van der Waals surface area contributed by atoms with Crippen molar-refractivity contribution < 1.29 is 30.0 Å². The van der Waals surface area contributed by atoms with E-state index < -0.39 is 11.9 Å². The molecule has 0 radical (unpaired) electrons. The molecule has 0 amide bonds. The lowest BCUT2D eigenvalue weighted by Crippen LogP contribution is -2.15. The Labute approximate surface area is 114 Å². The lowest BCUT2D eigenvalue weighted by Gasteiger charge is -2.14. The van der Waals surface area contributed by atoms with Gasteiger partial charge in [0.05, 0.1) is 24.3 Å². The highest BCUT2D eigenvalue weighted by Gasteiger charge is 2.18. The molecule has 20 heavy (non-hydrogen) atoms. The summed E-state index contributed by atoms with van der Waals surface area (Å²) in [6.07, 6.45) is 0. The van der Waals surface area contributed by atoms with Gasteiger partial charge in [0.15, 0.2) is 0 Å². The highest BCUT2D eigenvalue weighted by atomic mass is 16.4. The van der Waals surface area contributed by atoms with E-state index in [1.807, 2.05) is 0 Å². The van der Waals surface area contributed by atoms with Crippen LogP contribution in [0.3, 0.4) is 0 Å². The lowest BCUT2D eigenvalue weighted by atomic mass is 10.1. The number of carboxylic acid groups (broad SMARTS) is 2. The maximum Gasteiger partial charge on any atom is 0.337 e. The van der Waals surface area contributed by atoms with Gasteiger partial charge in [0.2, 0.25) is 0 Å². The van der Waals surface area contributed by atoms with Gasteiger partial charge in [0.25, 0.3) is 0 Å². The van der Waals surface area contributed by atoms with E-state index >= 15 is 0 Å². The van der Waals surface area contributed by atoms with Crippen molar-refractivity contribution >= 4 is 23.3 Å². The minimum atomic E-state index is -1.23. The minimum absolute atomic E-state index is 0.1000. The Morgan fingerprint density at radius 1 is 0.850 bits per heavy atom. The number of carbonyl (C=O) groups is 2.